The number of hydrogen-bond acceptors (Lipinski definition) is 6. The van der Waals surface area contributed by atoms with Crippen LogP contribution in [-0.2, 0) is 24.9 Å². The topological polar surface area (TPSA) is 87.5 Å². The van der Waals surface area contributed by atoms with E-state index >= 15 is 0 Å². The Morgan fingerprint density at radius 2 is 1.72 bits per heavy atom. The summed E-state index contributed by atoms with van der Waals surface area (Å²) in [6, 6.07) is 18.2. The molecular formula is C31H40N3O4S+. The van der Waals surface area contributed by atoms with E-state index < -0.39 is 15.4 Å². The van der Waals surface area contributed by atoms with Crippen LogP contribution in [0.4, 0.5) is 0 Å². The summed E-state index contributed by atoms with van der Waals surface area (Å²) in [4.78, 5) is 16.6. The molecule has 2 aromatic rings. The molecular weight excluding hydrogens is 510 g/mol. The molecule has 4 aliphatic heterocycles. The number of nitrogens with zero attached hydrogens (tertiary/aromatic N) is 3. The molecule has 2 bridgehead atoms. The molecule has 7 nitrogen and oxygen atoms in total. The average molecular weight is 551 g/mol. The molecule has 0 amide bonds. The summed E-state index contributed by atoms with van der Waals surface area (Å²) in [5, 5.41) is 8.99. The number of likely N-dealkylation sites (tertiary alicyclic amines) is 1. The van der Waals surface area contributed by atoms with E-state index in [4.69, 9.17) is 10.00 Å². The fraction of sp³-hybridized carbons (Fsp3) is 0.548. The van der Waals surface area contributed by atoms with Gasteiger partial charge in [-0.2, -0.15) is 5.26 Å². The molecule has 4 heterocycles. The zero-order valence-electron chi connectivity index (χ0n) is 22.9. The van der Waals surface area contributed by atoms with Crippen LogP contribution < -0.4 is 0 Å². The molecule has 39 heavy (non-hydrogen) atoms. The van der Waals surface area contributed by atoms with E-state index in [2.05, 4.69) is 4.90 Å². The predicted octanol–water partition coefficient (Wildman–Crippen LogP) is 4.28. The summed E-state index contributed by atoms with van der Waals surface area (Å²) in [5.41, 5.74) is 0.621. The number of piperidine rings is 4. The molecule has 8 heteroatoms. The molecule has 4 saturated heterocycles. The summed E-state index contributed by atoms with van der Waals surface area (Å²) in [7, 11) is -3.41. The fourth-order valence-electron chi connectivity index (χ4n) is 6.90. The van der Waals surface area contributed by atoms with Crippen LogP contribution in [0.1, 0.15) is 56.6 Å². The van der Waals surface area contributed by atoms with E-state index in [9.17, 15) is 13.2 Å². The van der Waals surface area contributed by atoms with E-state index in [-0.39, 0.29) is 22.7 Å². The molecule has 208 valence electrons. The zero-order chi connectivity index (χ0) is 27.5. The second-order valence-corrected chi connectivity index (χ2v) is 13.9. The van der Waals surface area contributed by atoms with Gasteiger partial charge in [-0.3, -0.25) is 4.90 Å². The Morgan fingerprint density at radius 1 is 1.05 bits per heavy atom. The molecule has 0 unspecified atom stereocenters. The van der Waals surface area contributed by atoms with Crippen molar-refractivity contribution in [3.05, 3.63) is 65.7 Å². The molecule has 0 aromatic heterocycles. The van der Waals surface area contributed by atoms with Crippen molar-refractivity contribution < 1.29 is 22.4 Å². The highest BCUT2D eigenvalue weighted by atomic mass is 32.2. The summed E-state index contributed by atoms with van der Waals surface area (Å²) in [6.45, 7) is 7.35. The third-order valence-corrected chi connectivity index (χ3v) is 11.2. The first kappa shape index (κ1) is 27.8. The largest absolute Gasteiger partial charge is 0.454 e. The molecule has 0 aliphatic carbocycles. The van der Waals surface area contributed by atoms with Crippen molar-refractivity contribution in [2.75, 3.05) is 45.0 Å². The van der Waals surface area contributed by atoms with Gasteiger partial charge in [0.15, 0.2) is 15.9 Å². The highest BCUT2D eigenvalue weighted by molar-refractivity contribution is 7.91. The highest BCUT2D eigenvalue weighted by Crippen LogP contribution is 2.39. The standard InChI is InChI=1S/C31H40N3O4S/c1-31(27-9-4-2-5-10-27,33-17-6-3-7-18-33)30(35)38-29-24-34(20-15-26(29)16-21-34)19-8-22-39(36,37)28-13-11-25(23-32)12-14-28/h2,4-5,9-14,26,29H,3,6-8,15-22,24H2,1H3/q+1/t26?,29-,31-,34?/m0/s1. The van der Waals surface area contributed by atoms with Crippen LogP contribution in [0.2, 0.25) is 0 Å². The lowest BCUT2D eigenvalue weighted by molar-refractivity contribution is -0.946. The van der Waals surface area contributed by atoms with Crippen LogP contribution in [0.25, 0.3) is 0 Å². The number of nitriles is 1. The average Bonchev–Trinajstić information content (AvgIpc) is 2.98. The number of benzene rings is 2. The Balaban J connectivity index is 1.25. The molecule has 0 saturated carbocycles. The van der Waals surface area contributed by atoms with Crippen molar-refractivity contribution >= 4 is 15.8 Å². The minimum absolute atomic E-state index is 0.0772. The molecule has 0 spiro atoms. The number of esters is 1. The Hall–Kier alpha value is -2.73. The van der Waals surface area contributed by atoms with Gasteiger partial charge >= 0.3 is 5.97 Å². The van der Waals surface area contributed by atoms with Crippen LogP contribution in [0.3, 0.4) is 0 Å². The normalized spacial score (nSPS) is 26.9. The second-order valence-electron chi connectivity index (χ2n) is 11.8. The van der Waals surface area contributed by atoms with Crippen molar-refractivity contribution in [3.8, 4) is 6.07 Å². The van der Waals surface area contributed by atoms with E-state index in [0.717, 1.165) is 75.0 Å². The van der Waals surface area contributed by atoms with Crippen LogP contribution in [-0.4, -0.2) is 74.9 Å². The highest BCUT2D eigenvalue weighted by Gasteiger charge is 2.50. The van der Waals surface area contributed by atoms with Gasteiger partial charge in [-0.25, -0.2) is 13.2 Å². The first-order chi connectivity index (χ1) is 18.8. The summed E-state index contributed by atoms with van der Waals surface area (Å²) in [6.07, 6.45) is 5.81. The molecule has 0 radical (unpaired) electrons. The first-order valence-electron chi connectivity index (χ1n) is 14.4. The van der Waals surface area contributed by atoms with Gasteiger partial charge in [0.05, 0.1) is 41.9 Å². The van der Waals surface area contributed by atoms with E-state index in [1.807, 2.05) is 43.3 Å². The number of carbonyl (C=O) groups excluding carboxylic acids is 1. The summed E-state index contributed by atoms with van der Waals surface area (Å²) < 4.78 is 33.1. The number of ether oxygens (including phenoxy) is 1. The lowest BCUT2D eigenvalue weighted by Crippen LogP contribution is -2.65. The summed E-state index contributed by atoms with van der Waals surface area (Å²) in [5.74, 6) is 0.294. The quantitative estimate of drug-likeness (QED) is 0.342. The summed E-state index contributed by atoms with van der Waals surface area (Å²) >= 11 is 0. The Labute approximate surface area is 232 Å². The monoisotopic (exact) mass is 550 g/mol. The Bertz CT molecular complexity index is 1290. The van der Waals surface area contributed by atoms with Gasteiger partial charge < -0.3 is 9.22 Å². The second kappa shape index (κ2) is 11.4. The van der Waals surface area contributed by atoms with Crippen LogP contribution in [0.5, 0.6) is 0 Å². The molecule has 2 aromatic carbocycles. The fourth-order valence-corrected chi connectivity index (χ4v) is 8.19. The van der Waals surface area contributed by atoms with Gasteiger partial charge in [-0.05, 0) is 62.7 Å². The third-order valence-electron chi connectivity index (χ3n) is 9.41. The van der Waals surface area contributed by atoms with E-state index in [1.54, 1.807) is 12.1 Å². The van der Waals surface area contributed by atoms with Crippen LogP contribution >= 0.6 is 0 Å². The van der Waals surface area contributed by atoms with Crippen molar-refractivity contribution in [1.29, 1.82) is 5.26 Å². The SMILES string of the molecule is C[C@@](C(=O)O[C@H]1C[N+]2(CCCS(=O)(=O)c3ccc(C#N)cc3)CCC1CC2)(c1ccccc1)N1CCCCC1. The Morgan fingerprint density at radius 3 is 2.36 bits per heavy atom. The number of rotatable bonds is 9. The van der Waals surface area contributed by atoms with E-state index in [0.29, 0.717) is 17.9 Å². The predicted molar refractivity (Wildman–Crippen MR) is 149 cm³/mol. The number of quaternary nitrogens is 1. The molecule has 4 aliphatic rings. The molecule has 4 fully saturated rings. The lowest BCUT2D eigenvalue weighted by atomic mass is 9.82. The van der Waals surface area contributed by atoms with Crippen molar-refractivity contribution in [2.45, 2.75) is 62.0 Å². The van der Waals surface area contributed by atoms with Gasteiger partial charge in [0, 0.05) is 25.2 Å². The number of fused-ring (bicyclic) bond motifs is 3. The van der Waals surface area contributed by atoms with Gasteiger partial charge in [0.25, 0.3) is 0 Å². The molecule has 2 atom stereocenters. The molecule has 6 rings (SSSR count). The smallest absolute Gasteiger partial charge is 0.331 e. The maximum absolute atomic E-state index is 14.0. The maximum Gasteiger partial charge on any atom is 0.331 e. The van der Waals surface area contributed by atoms with Crippen LogP contribution in [0.15, 0.2) is 59.5 Å². The third kappa shape index (κ3) is 5.77. The minimum atomic E-state index is -3.41. The number of hydrogen-bond donors (Lipinski definition) is 0. The number of sulfone groups is 1. The van der Waals surface area contributed by atoms with Gasteiger partial charge in [-0.1, -0.05) is 36.8 Å². The maximum atomic E-state index is 14.0. The number of carbonyl (C=O) groups is 1. The van der Waals surface area contributed by atoms with Crippen molar-refractivity contribution in [3.63, 3.8) is 0 Å². The zero-order valence-corrected chi connectivity index (χ0v) is 23.7. The van der Waals surface area contributed by atoms with Gasteiger partial charge in [0.2, 0.25) is 0 Å². The van der Waals surface area contributed by atoms with Gasteiger partial charge in [0.1, 0.15) is 12.1 Å². The molecule has 0 N–H and O–H groups in total. The van der Waals surface area contributed by atoms with Crippen molar-refractivity contribution in [2.24, 2.45) is 5.92 Å². The van der Waals surface area contributed by atoms with Crippen molar-refractivity contribution in [1.82, 2.24) is 4.90 Å². The van der Waals surface area contributed by atoms with E-state index in [1.165, 1.54) is 18.6 Å². The van der Waals surface area contributed by atoms with Gasteiger partial charge in [-0.15, -0.1) is 0 Å². The first-order valence-corrected chi connectivity index (χ1v) is 16.0. The van der Waals surface area contributed by atoms with Crippen LogP contribution in [0, 0.1) is 17.2 Å². The Kier molecular flexibility index (Phi) is 8.14. The minimum Gasteiger partial charge on any atom is -0.454 e. The lowest BCUT2D eigenvalue weighted by Gasteiger charge is -2.52.